The minimum Gasteiger partial charge on any atom is -0.359 e. The third-order valence-corrected chi connectivity index (χ3v) is 4.03. The molecule has 2 rings (SSSR count). The average Bonchev–Trinajstić information content (AvgIpc) is 2.73. The van der Waals surface area contributed by atoms with Crippen LogP contribution in [0.4, 0.5) is 4.79 Å². The number of rotatable bonds is 6. The van der Waals surface area contributed by atoms with Gasteiger partial charge in [0.25, 0.3) is 0 Å². The third kappa shape index (κ3) is 3.18. The zero-order valence-corrected chi connectivity index (χ0v) is 13.7. The van der Waals surface area contributed by atoms with Crippen LogP contribution in [0.1, 0.15) is 66.7 Å². The summed E-state index contributed by atoms with van der Waals surface area (Å²) in [7, 11) is 0. The van der Waals surface area contributed by atoms with E-state index < -0.39 is 12.1 Å². The number of unbranched alkanes of at least 4 members (excludes halogenated alkanes) is 1. The van der Waals surface area contributed by atoms with Crippen molar-refractivity contribution in [2.45, 2.75) is 72.7 Å². The van der Waals surface area contributed by atoms with Crippen LogP contribution in [0.15, 0.2) is 11.3 Å². The monoisotopic (exact) mass is 298 g/mol. The molecule has 2 aliphatic heterocycles. The van der Waals surface area contributed by atoms with Crippen LogP contribution in [0.3, 0.4) is 0 Å². The molecule has 0 aromatic rings. The Morgan fingerprint density at radius 3 is 2.33 bits per heavy atom. The number of allylic oxidation sites excluding steroid dienone is 1. The van der Waals surface area contributed by atoms with E-state index in [4.69, 9.17) is 19.2 Å². The van der Waals surface area contributed by atoms with E-state index in [2.05, 4.69) is 13.8 Å². The van der Waals surface area contributed by atoms with Crippen LogP contribution in [-0.4, -0.2) is 12.1 Å². The summed E-state index contributed by atoms with van der Waals surface area (Å²) in [4.78, 5) is 21.7. The molecule has 5 heteroatoms. The third-order valence-electron chi connectivity index (χ3n) is 4.03. The highest BCUT2D eigenvalue weighted by Gasteiger charge is 2.62. The van der Waals surface area contributed by atoms with Crippen LogP contribution >= 0.6 is 0 Å². The zero-order valence-electron chi connectivity index (χ0n) is 13.7. The average molecular weight is 298 g/mol. The summed E-state index contributed by atoms with van der Waals surface area (Å²) in [6.07, 6.45) is 4.60. The molecule has 5 nitrogen and oxygen atoms in total. The molecule has 0 aromatic carbocycles. The largest absolute Gasteiger partial charge is 0.519 e. The van der Waals surface area contributed by atoms with Gasteiger partial charge in [0.1, 0.15) is 0 Å². The molecule has 120 valence electrons. The molecule has 1 atom stereocenters. The van der Waals surface area contributed by atoms with Gasteiger partial charge in [0, 0.05) is 5.41 Å². The van der Waals surface area contributed by atoms with Crippen molar-refractivity contribution in [2.75, 3.05) is 0 Å². The maximum atomic E-state index is 11.1. The van der Waals surface area contributed by atoms with E-state index in [0.717, 1.165) is 24.8 Å². The van der Waals surface area contributed by atoms with E-state index in [1.54, 1.807) is 0 Å². The van der Waals surface area contributed by atoms with Gasteiger partial charge in [-0.25, -0.2) is 4.79 Å². The Morgan fingerprint density at radius 1 is 1.19 bits per heavy atom. The van der Waals surface area contributed by atoms with Gasteiger partial charge < -0.3 is 14.4 Å². The molecule has 0 amide bonds. The molecular weight excluding hydrogens is 272 g/mol. The van der Waals surface area contributed by atoms with Crippen molar-refractivity contribution in [3.8, 4) is 0 Å². The zero-order chi connectivity index (χ0) is 15.7. The minimum absolute atomic E-state index is 0.229. The van der Waals surface area contributed by atoms with Crippen LogP contribution in [0.2, 0.25) is 0 Å². The molecule has 0 aliphatic carbocycles. The topological polar surface area (TPSA) is 54.0 Å². The van der Waals surface area contributed by atoms with Crippen LogP contribution in [0.5, 0.6) is 0 Å². The first-order chi connectivity index (χ1) is 9.82. The van der Waals surface area contributed by atoms with Crippen molar-refractivity contribution < 1.29 is 24.0 Å². The van der Waals surface area contributed by atoms with Crippen molar-refractivity contribution in [1.82, 2.24) is 0 Å². The fraction of sp³-hybridized carbons (Fsp3) is 0.812. The second kappa shape index (κ2) is 5.87. The first-order valence-corrected chi connectivity index (χ1v) is 7.84. The molecular formula is C16H26O5. The smallest absolute Gasteiger partial charge is 0.359 e. The maximum absolute atomic E-state index is 11.1. The lowest BCUT2D eigenvalue weighted by atomic mass is 9.84. The molecule has 0 radical (unpaired) electrons. The minimum atomic E-state index is -1.43. The molecule has 1 fully saturated rings. The molecule has 0 N–H and O–H groups in total. The fourth-order valence-electron chi connectivity index (χ4n) is 2.75. The van der Waals surface area contributed by atoms with E-state index in [1.165, 1.54) is 12.8 Å². The van der Waals surface area contributed by atoms with Crippen LogP contribution < -0.4 is 0 Å². The SMILES string of the molecule is CCCCC(CC)CC1=C(C(C)(C)C)OOC12OC(=O)O2. The molecule has 0 saturated carbocycles. The summed E-state index contributed by atoms with van der Waals surface area (Å²) in [5, 5.41) is 0. The Morgan fingerprint density at radius 2 is 1.86 bits per heavy atom. The van der Waals surface area contributed by atoms with Crippen molar-refractivity contribution in [3.05, 3.63) is 11.3 Å². The van der Waals surface area contributed by atoms with Crippen LogP contribution in [0, 0.1) is 11.3 Å². The highest BCUT2D eigenvalue weighted by molar-refractivity contribution is 5.67. The highest BCUT2D eigenvalue weighted by atomic mass is 17.3. The molecule has 2 heterocycles. The summed E-state index contributed by atoms with van der Waals surface area (Å²) < 4.78 is 10.2. The maximum Gasteiger partial charge on any atom is 0.519 e. The Balaban J connectivity index is 2.22. The molecule has 21 heavy (non-hydrogen) atoms. The predicted molar refractivity (Wildman–Crippen MR) is 76.9 cm³/mol. The van der Waals surface area contributed by atoms with Crippen molar-refractivity contribution in [1.29, 1.82) is 0 Å². The van der Waals surface area contributed by atoms with Crippen LogP contribution in [-0.2, 0) is 19.2 Å². The summed E-state index contributed by atoms with van der Waals surface area (Å²) in [5.74, 6) is -0.216. The van der Waals surface area contributed by atoms with Gasteiger partial charge in [-0.2, -0.15) is 0 Å². The highest BCUT2D eigenvalue weighted by Crippen LogP contribution is 2.49. The van der Waals surface area contributed by atoms with Gasteiger partial charge in [-0.1, -0.05) is 65.2 Å². The normalized spacial score (nSPS) is 21.7. The van der Waals surface area contributed by atoms with Crippen molar-refractivity contribution >= 4 is 6.16 Å². The molecule has 0 bridgehead atoms. The summed E-state index contributed by atoms with van der Waals surface area (Å²) in [6.45, 7) is 10.5. The number of hydrogen-bond acceptors (Lipinski definition) is 5. The van der Waals surface area contributed by atoms with E-state index in [1.807, 2.05) is 20.8 Å². The number of carbonyl (C=O) groups excluding carboxylic acids is 1. The molecule has 1 saturated heterocycles. The van der Waals surface area contributed by atoms with Gasteiger partial charge in [-0.05, 0) is 12.3 Å². The van der Waals surface area contributed by atoms with Gasteiger partial charge >= 0.3 is 12.1 Å². The van der Waals surface area contributed by atoms with Gasteiger partial charge in [-0.3, -0.25) is 0 Å². The van der Waals surface area contributed by atoms with Gasteiger partial charge in [-0.15, -0.1) is 0 Å². The standard InChI is InChI=1S/C16H26O5/c1-6-8-9-11(7-2)10-12-13(15(3,4)5)20-21-16(12)18-14(17)19-16/h11H,6-10H2,1-5H3. The Labute approximate surface area is 126 Å². The number of ether oxygens (including phenoxy) is 2. The first kappa shape index (κ1) is 16.1. The number of hydrogen-bond donors (Lipinski definition) is 0. The predicted octanol–water partition coefficient (Wildman–Crippen LogP) is 4.68. The van der Waals surface area contributed by atoms with Gasteiger partial charge in [0.15, 0.2) is 5.76 Å². The Bertz CT molecular complexity index is 424. The van der Waals surface area contributed by atoms with E-state index in [0.29, 0.717) is 11.7 Å². The number of carbonyl (C=O) groups is 1. The molecule has 0 aromatic heterocycles. The Hall–Kier alpha value is -1.23. The quantitative estimate of drug-likeness (QED) is 0.526. The van der Waals surface area contributed by atoms with Crippen LogP contribution in [0.25, 0.3) is 0 Å². The lowest BCUT2D eigenvalue weighted by molar-refractivity contribution is -0.475. The second-order valence-corrected chi connectivity index (χ2v) is 6.86. The van der Waals surface area contributed by atoms with Gasteiger partial charge in [0.2, 0.25) is 0 Å². The van der Waals surface area contributed by atoms with Gasteiger partial charge in [0.05, 0.1) is 5.57 Å². The van der Waals surface area contributed by atoms with E-state index in [-0.39, 0.29) is 5.41 Å². The summed E-state index contributed by atoms with van der Waals surface area (Å²) >= 11 is 0. The van der Waals surface area contributed by atoms with E-state index >= 15 is 0 Å². The lowest BCUT2D eigenvalue weighted by Crippen LogP contribution is -2.51. The molecule has 1 spiro atoms. The summed E-state index contributed by atoms with van der Waals surface area (Å²) in [5.41, 5.74) is 0.588. The Kier molecular flexibility index (Phi) is 4.51. The lowest BCUT2D eigenvalue weighted by Gasteiger charge is -2.34. The van der Waals surface area contributed by atoms with E-state index in [9.17, 15) is 4.79 Å². The van der Waals surface area contributed by atoms with Crippen molar-refractivity contribution in [2.24, 2.45) is 11.3 Å². The van der Waals surface area contributed by atoms with Crippen molar-refractivity contribution in [3.63, 3.8) is 0 Å². The molecule has 1 unspecified atom stereocenters. The first-order valence-electron chi connectivity index (χ1n) is 7.84. The second-order valence-electron chi connectivity index (χ2n) is 6.86. The fourth-order valence-corrected chi connectivity index (χ4v) is 2.75. The summed E-state index contributed by atoms with van der Waals surface area (Å²) in [6, 6.07) is 0. The molecule has 2 aliphatic rings.